The molecule has 4 rings (SSSR count). The Bertz CT molecular complexity index is 1140. The van der Waals surface area contributed by atoms with Gasteiger partial charge in [-0.2, -0.15) is 0 Å². The van der Waals surface area contributed by atoms with Crippen LogP contribution in [0.25, 0.3) is 22.4 Å². The van der Waals surface area contributed by atoms with Gasteiger partial charge in [-0.1, -0.05) is 6.92 Å². The number of benzene rings is 1. The van der Waals surface area contributed by atoms with Crippen molar-refractivity contribution in [1.29, 1.82) is 0 Å². The van der Waals surface area contributed by atoms with E-state index in [1.165, 1.54) is 0 Å². The summed E-state index contributed by atoms with van der Waals surface area (Å²) < 4.78 is 16.6. The lowest BCUT2D eigenvalue weighted by Gasteiger charge is -2.28. The van der Waals surface area contributed by atoms with E-state index in [4.69, 9.17) is 18.9 Å². The molecule has 3 aromatic rings. The van der Waals surface area contributed by atoms with Crippen LogP contribution in [-0.2, 0) is 11.2 Å². The standard InChI is InChI=1S/C25H32N4O4/c1-4-18-16-19(31-3)17-21-22(18)25(30)33-24(27-21)20-8-6-9-26-23(20)29(5-2)11-7-10-28-12-14-32-15-13-28/h6,8-9,16-17H,4-5,7,10-15H2,1-3H3. The molecule has 0 radical (unpaired) electrons. The minimum absolute atomic E-state index is 0.275. The number of ether oxygens (including phenoxy) is 2. The Hall–Kier alpha value is -2.97. The van der Waals surface area contributed by atoms with Crippen LogP contribution in [0.15, 0.2) is 39.7 Å². The highest BCUT2D eigenvalue weighted by molar-refractivity contribution is 5.84. The van der Waals surface area contributed by atoms with E-state index in [-0.39, 0.29) is 11.5 Å². The molecule has 0 saturated carbocycles. The average molecular weight is 453 g/mol. The fourth-order valence-corrected chi connectivity index (χ4v) is 4.30. The number of nitrogens with zero attached hydrogens (tertiary/aromatic N) is 4. The summed E-state index contributed by atoms with van der Waals surface area (Å²) in [5, 5.41) is 0.505. The lowest BCUT2D eigenvalue weighted by Crippen LogP contribution is -2.38. The van der Waals surface area contributed by atoms with Crippen LogP contribution in [0.4, 0.5) is 5.82 Å². The lowest BCUT2D eigenvalue weighted by atomic mass is 10.1. The van der Waals surface area contributed by atoms with Crippen molar-refractivity contribution in [2.45, 2.75) is 26.7 Å². The van der Waals surface area contributed by atoms with Crippen molar-refractivity contribution < 1.29 is 13.9 Å². The first-order valence-corrected chi connectivity index (χ1v) is 11.7. The van der Waals surface area contributed by atoms with Crippen LogP contribution in [0.2, 0.25) is 0 Å². The van der Waals surface area contributed by atoms with Gasteiger partial charge in [-0.15, -0.1) is 0 Å². The summed E-state index contributed by atoms with van der Waals surface area (Å²) in [6.07, 6.45) is 3.46. The minimum atomic E-state index is -0.389. The second-order valence-corrected chi connectivity index (χ2v) is 8.10. The van der Waals surface area contributed by atoms with Gasteiger partial charge in [0.05, 0.1) is 36.8 Å². The van der Waals surface area contributed by atoms with Crippen LogP contribution in [0, 0.1) is 0 Å². The normalized spacial score (nSPS) is 14.5. The molecule has 1 saturated heterocycles. The first kappa shape index (κ1) is 23.2. The third-order valence-electron chi connectivity index (χ3n) is 6.11. The second kappa shape index (κ2) is 10.8. The first-order chi connectivity index (χ1) is 16.1. The number of methoxy groups -OCH3 is 1. The number of hydrogen-bond donors (Lipinski definition) is 0. The van der Waals surface area contributed by atoms with Crippen molar-refractivity contribution >= 4 is 16.7 Å². The molecule has 8 heteroatoms. The molecule has 1 aliphatic rings. The summed E-state index contributed by atoms with van der Waals surface area (Å²) in [5.41, 5.74) is 1.76. The maximum atomic E-state index is 13.0. The third kappa shape index (κ3) is 5.17. The Kier molecular flexibility index (Phi) is 7.57. The van der Waals surface area contributed by atoms with Crippen molar-refractivity contribution in [2.75, 3.05) is 57.9 Å². The van der Waals surface area contributed by atoms with E-state index in [1.54, 1.807) is 19.4 Å². The highest BCUT2D eigenvalue weighted by atomic mass is 16.5. The average Bonchev–Trinajstić information content (AvgIpc) is 2.86. The summed E-state index contributed by atoms with van der Waals surface area (Å²) in [5.74, 6) is 1.72. The number of aromatic nitrogens is 2. The van der Waals surface area contributed by atoms with Gasteiger partial charge in [0.1, 0.15) is 11.6 Å². The van der Waals surface area contributed by atoms with Crippen LogP contribution in [0.1, 0.15) is 25.8 Å². The molecule has 0 atom stereocenters. The van der Waals surface area contributed by atoms with E-state index in [1.807, 2.05) is 25.1 Å². The zero-order valence-electron chi connectivity index (χ0n) is 19.7. The predicted molar refractivity (Wildman–Crippen MR) is 129 cm³/mol. The van der Waals surface area contributed by atoms with Gasteiger partial charge >= 0.3 is 5.63 Å². The molecule has 176 valence electrons. The number of rotatable bonds is 9. The summed E-state index contributed by atoms with van der Waals surface area (Å²) in [4.78, 5) is 26.9. The molecular formula is C25H32N4O4. The number of hydrogen-bond acceptors (Lipinski definition) is 8. The Morgan fingerprint density at radius 1 is 1.21 bits per heavy atom. The van der Waals surface area contributed by atoms with Gasteiger partial charge in [0.25, 0.3) is 0 Å². The Balaban J connectivity index is 1.65. The molecule has 0 spiro atoms. The summed E-state index contributed by atoms with van der Waals surface area (Å²) in [6.45, 7) is 10.3. The fraction of sp³-hybridized carbons (Fsp3) is 0.480. The number of anilines is 1. The molecule has 1 aliphatic heterocycles. The number of morpholine rings is 1. The van der Waals surface area contributed by atoms with E-state index in [2.05, 4.69) is 21.7 Å². The number of pyridine rings is 1. The van der Waals surface area contributed by atoms with Crippen LogP contribution in [0.3, 0.4) is 0 Å². The molecule has 33 heavy (non-hydrogen) atoms. The molecule has 1 fully saturated rings. The van der Waals surface area contributed by atoms with Crippen molar-refractivity contribution in [3.8, 4) is 17.2 Å². The van der Waals surface area contributed by atoms with E-state index >= 15 is 0 Å². The topological polar surface area (TPSA) is 80.9 Å². The Labute approximate surface area is 194 Å². The summed E-state index contributed by atoms with van der Waals surface area (Å²) >= 11 is 0. The van der Waals surface area contributed by atoms with Crippen molar-refractivity contribution in [3.05, 3.63) is 46.4 Å². The molecule has 8 nitrogen and oxygen atoms in total. The van der Waals surface area contributed by atoms with Crippen LogP contribution < -0.4 is 15.3 Å². The monoisotopic (exact) mass is 452 g/mol. The first-order valence-electron chi connectivity index (χ1n) is 11.7. The Morgan fingerprint density at radius 3 is 2.76 bits per heavy atom. The zero-order chi connectivity index (χ0) is 23.2. The van der Waals surface area contributed by atoms with E-state index < -0.39 is 0 Å². The van der Waals surface area contributed by atoms with Crippen LogP contribution >= 0.6 is 0 Å². The van der Waals surface area contributed by atoms with Crippen molar-refractivity contribution in [2.24, 2.45) is 0 Å². The minimum Gasteiger partial charge on any atom is -0.497 e. The number of aryl methyl sites for hydroxylation is 1. The van der Waals surface area contributed by atoms with Crippen molar-refractivity contribution in [1.82, 2.24) is 14.9 Å². The van der Waals surface area contributed by atoms with Gasteiger partial charge in [-0.3, -0.25) is 4.90 Å². The SMILES string of the molecule is CCc1cc(OC)cc2nc(-c3cccnc3N(CC)CCCN3CCOCC3)oc(=O)c12. The molecule has 0 N–H and O–H groups in total. The molecule has 2 aromatic heterocycles. The lowest BCUT2D eigenvalue weighted by molar-refractivity contribution is 0.0376. The largest absolute Gasteiger partial charge is 0.497 e. The zero-order valence-corrected chi connectivity index (χ0v) is 19.7. The van der Waals surface area contributed by atoms with Gasteiger partial charge < -0.3 is 18.8 Å². The fourth-order valence-electron chi connectivity index (χ4n) is 4.30. The Morgan fingerprint density at radius 2 is 2.03 bits per heavy atom. The number of fused-ring (bicyclic) bond motifs is 1. The van der Waals surface area contributed by atoms with Gasteiger partial charge in [0, 0.05) is 45.0 Å². The molecule has 3 heterocycles. The smallest absolute Gasteiger partial charge is 0.347 e. The quantitative estimate of drug-likeness (QED) is 0.489. The summed E-state index contributed by atoms with van der Waals surface area (Å²) in [6, 6.07) is 7.40. The predicted octanol–water partition coefficient (Wildman–Crippen LogP) is 3.37. The van der Waals surface area contributed by atoms with Gasteiger partial charge in [0.15, 0.2) is 0 Å². The highest BCUT2D eigenvalue weighted by Gasteiger charge is 2.19. The van der Waals surface area contributed by atoms with E-state index in [0.717, 1.165) is 63.7 Å². The van der Waals surface area contributed by atoms with E-state index in [9.17, 15) is 4.79 Å². The van der Waals surface area contributed by atoms with Crippen LogP contribution in [0.5, 0.6) is 5.75 Å². The molecule has 0 aliphatic carbocycles. The molecule has 0 bridgehead atoms. The van der Waals surface area contributed by atoms with Crippen LogP contribution in [-0.4, -0.2) is 67.9 Å². The van der Waals surface area contributed by atoms with Crippen molar-refractivity contribution in [3.63, 3.8) is 0 Å². The third-order valence-corrected chi connectivity index (χ3v) is 6.11. The maximum absolute atomic E-state index is 13.0. The van der Waals surface area contributed by atoms with Gasteiger partial charge in [0.2, 0.25) is 5.89 Å². The van der Waals surface area contributed by atoms with E-state index in [0.29, 0.717) is 28.6 Å². The molecule has 0 unspecified atom stereocenters. The molecule has 0 amide bonds. The molecule has 1 aromatic carbocycles. The highest BCUT2D eigenvalue weighted by Crippen LogP contribution is 2.30. The molecular weight excluding hydrogens is 420 g/mol. The maximum Gasteiger partial charge on any atom is 0.347 e. The van der Waals surface area contributed by atoms with Gasteiger partial charge in [-0.05, 0) is 43.5 Å². The second-order valence-electron chi connectivity index (χ2n) is 8.10. The van der Waals surface area contributed by atoms with Gasteiger partial charge in [-0.25, -0.2) is 14.8 Å². The summed E-state index contributed by atoms with van der Waals surface area (Å²) in [7, 11) is 1.61.